The van der Waals surface area contributed by atoms with Crippen LogP contribution in [0.1, 0.15) is 64.5 Å². The quantitative estimate of drug-likeness (QED) is 0.560. The standard InChI is InChI=1S/C19H24BrN3O5S/c1-6-8-28-18(25)14-10(3)15(19(26)27-7-2)29-17(14)21-16(24)12(5)23-9-13(20)11(4)22-23/h9,12H,6-8H2,1-5H3,(H,21,24). The van der Waals surface area contributed by atoms with E-state index in [0.717, 1.165) is 21.5 Å². The molecule has 0 saturated heterocycles. The number of rotatable bonds is 8. The molecule has 29 heavy (non-hydrogen) atoms. The number of carbonyl (C=O) groups is 3. The molecule has 0 bridgehead atoms. The van der Waals surface area contributed by atoms with Gasteiger partial charge in [0.1, 0.15) is 15.9 Å². The smallest absolute Gasteiger partial charge is 0.348 e. The van der Waals surface area contributed by atoms with Gasteiger partial charge in [0.05, 0.1) is 28.9 Å². The van der Waals surface area contributed by atoms with Gasteiger partial charge in [0.2, 0.25) is 5.91 Å². The molecule has 2 aromatic rings. The van der Waals surface area contributed by atoms with Gasteiger partial charge in [-0.15, -0.1) is 11.3 Å². The molecule has 0 aliphatic heterocycles. The van der Waals surface area contributed by atoms with Crippen LogP contribution in [0.2, 0.25) is 0 Å². The Balaban J connectivity index is 2.35. The first-order valence-corrected chi connectivity index (χ1v) is 10.8. The van der Waals surface area contributed by atoms with Gasteiger partial charge in [-0.1, -0.05) is 6.92 Å². The number of hydrogen-bond acceptors (Lipinski definition) is 7. The molecule has 2 heterocycles. The predicted molar refractivity (Wildman–Crippen MR) is 114 cm³/mol. The molecule has 0 radical (unpaired) electrons. The SMILES string of the molecule is CCCOC(=O)c1c(NC(=O)C(C)n2cc(Br)c(C)n2)sc(C(=O)OCC)c1C. The van der Waals surface area contributed by atoms with E-state index in [0.29, 0.717) is 12.0 Å². The summed E-state index contributed by atoms with van der Waals surface area (Å²) in [6, 6.07) is -0.632. The fraction of sp³-hybridized carbons (Fsp3) is 0.474. The molecule has 0 aliphatic rings. The lowest BCUT2D eigenvalue weighted by molar-refractivity contribution is -0.119. The summed E-state index contributed by atoms with van der Waals surface area (Å²) in [6.07, 6.45) is 2.37. The molecule has 0 spiro atoms. The molecule has 158 valence electrons. The Morgan fingerprint density at radius 2 is 1.93 bits per heavy atom. The number of halogens is 1. The molecule has 0 fully saturated rings. The van der Waals surface area contributed by atoms with Gasteiger partial charge in [0.15, 0.2) is 0 Å². The number of thiophene rings is 1. The summed E-state index contributed by atoms with van der Waals surface area (Å²) in [7, 11) is 0. The Kier molecular flexibility index (Phi) is 7.97. The summed E-state index contributed by atoms with van der Waals surface area (Å²) in [5.74, 6) is -1.50. The lowest BCUT2D eigenvalue weighted by atomic mass is 10.1. The van der Waals surface area contributed by atoms with Crippen molar-refractivity contribution in [1.29, 1.82) is 0 Å². The molecular weight excluding hydrogens is 462 g/mol. The molecule has 1 N–H and O–H groups in total. The topological polar surface area (TPSA) is 99.5 Å². The third-order valence-electron chi connectivity index (χ3n) is 4.12. The zero-order chi connectivity index (χ0) is 21.7. The Bertz CT molecular complexity index is 902. The molecule has 2 rings (SSSR count). The summed E-state index contributed by atoms with van der Waals surface area (Å²) < 4.78 is 12.6. The highest BCUT2D eigenvalue weighted by molar-refractivity contribution is 9.10. The van der Waals surface area contributed by atoms with Gasteiger partial charge in [-0.3, -0.25) is 9.48 Å². The predicted octanol–water partition coefficient (Wildman–Crippen LogP) is 4.27. The monoisotopic (exact) mass is 485 g/mol. The number of nitrogens with zero attached hydrogens (tertiary/aromatic N) is 2. The maximum absolute atomic E-state index is 12.8. The maximum Gasteiger partial charge on any atom is 0.348 e. The van der Waals surface area contributed by atoms with Gasteiger partial charge >= 0.3 is 11.9 Å². The number of aromatic nitrogens is 2. The molecule has 1 unspecified atom stereocenters. The molecular formula is C19H24BrN3O5S. The fourth-order valence-corrected chi connectivity index (χ4v) is 3.88. The summed E-state index contributed by atoms with van der Waals surface area (Å²) >= 11 is 4.37. The zero-order valence-electron chi connectivity index (χ0n) is 17.0. The summed E-state index contributed by atoms with van der Waals surface area (Å²) in [4.78, 5) is 37.9. The van der Waals surface area contributed by atoms with Crippen molar-refractivity contribution in [1.82, 2.24) is 9.78 Å². The molecule has 0 aliphatic carbocycles. The molecule has 1 amide bonds. The van der Waals surface area contributed by atoms with E-state index in [4.69, 9.17) is 9.47 Å². The Morgan fingerprint density at radius 1 is 1.24 bits per heavy atom. The number of carbonyl (C=O) groups excluding carboxylic acids is 3. The van der Waals surface area contributed by atoms with E-state index in [9.17, 15) is 14.4 Å². The Labute approximate surface area is 181 Å². The highest BCUT2D eigenvalue weighted by Crippen LogP contribution is 2.35. The third kappa shape index (κ3) is 5.24. The van der Waals surface area contributed by atoms with Crippen LogP contribution in [0.25, 0.3) is 0 Å². The van der Waals surface area contributed by atoms with Crippen LogP contribution >= 0.6 is 27.3 Å². The second kappa shape index (κ2) is 10.0. The molecule has 2 aromatic heterocycles. The summed E-state index contributed by atoms with van der Waals surface area (Å²) in [5, 5.41) is 7.30. The highest BCUT2D eigenvalue weighted by Gasteiger charge is 2.28. The maximum atomic E-state index is 12.8. The van der Waals surface area contributed by atoms with Crippen molar-refractivity contribution in [3.05, 3.63) is 32.4 Å². The zero-order valence-corrected chi connectivity index (χ0v) is 19.4. The first-order chi connectivity index (χ1) is 13.7. The van der Waals surface area contributed by atoms with Crippen LogP contribution in [0.15, 0.2) is 10.7 Å². The van der Waals surface area contributed by atoms with E-state index in [1.807, 2.05) is 13.8 Å². The minimum atomic E-state index is -0.632. The lowest BCUT2D eigenvalue weighted by Crippen LogP contribution is -2.24. The lowest BCUT2D eigenvalue weighted by Gasteiger charge is -2.13. The van der Waals surface area contributed by atoms with Crippen LogP contribution in [0.4, 0.5) is 5.00 Å². The van der Waals surface area contributed by atoms with Crippen LogP contribution in [-0.2, 0) is 14.3 Å². The highest BCUT2D eigenvalue weighted by atomic mass is 79.9. The molecule has 10 heteroatoms. The van der Waals surface area contributed by atoms with E-state index in [2.05, 4.69) is 26.3 Å². The number of hydrogen-bond donors (Lipinski definition) is 1. The van der Waals surface area contributed by atoms with E-state index < -0.39 is 18.0 Å². The number of anilines is 1. The Morgan fingerprint density at radius 3 is 2.48 bits per heavy atom. The van der Waals surface area contributed by atoms with E-state index in [-0.39, 0.29) is 34.6 Å². The third-order valence-corrected chi connectivity index (χ3v) is 6.08. The van der Waals surface area contributed by atoms with Crippen LogP contribution in [0.5, 0.6) is 0 Å². The average molecular weight is 486 g/mol. The summed E-state index contributed by atoms with van der Waals surface area (Å²) in [5.41, 5.74) is 1.35. The molecule has 0 saturated carbocycles. The van der Waals surface area contributed by atoms with Crippen molar-refractivity contribution in [2.75, 3.05) is 18.5 Å². The van der Waals surface area contributed by atoms with Crippen molar-refractivity contribution >= 4 is 50.1 Å². The second-order valence-electron chi connectivity index (χ2n) is 6.32. The van der Waals surface area contributed by atoms with Gasteiger partial charge in [-0.05, 0) is 55.6 Å². The number of esters is 2. The van der Waals surface area contributed by atoms with Gasteiger partial charge in [-0.2, -0.15) is 5.10 Å². The van der Waals surface area contributed by atoms with Crippen LogP contribution in [-0.4, -0.2) is 40.8 Å². The number of nitrogens with one attached hydrogen (secondary N) is 1. The molecule has 0 aromatic carbocycles. The van der Waals surface area contributed by atoms with Gasteiger partial charge in [0.25, 0.3) is 0 Å². The second-order valence-corrected chi connectivity index (χ2v) is 8.20. The minimum Gasteiger partial charge on any atom is -0.462 e. The van der Waals surface area contributed by atoms with Crippen LogP contribution < -0.4 is 5.32 Å². The molecule has 8 nitrogen and oxygen atoms in total. The van der Waals surface area contributed by atoms with Crippen molar-refractivity contribution in [2.24, 2.45) is 0 Å². The van der Waals surface area contributed by atoms with Crippen molar-refractivity contribution < 1.29 is 23.9 Å². The fourth-order valence-electron chi connectivity index (χ4n) is 2.50. The Hall–Kier alpha value is -2.20. The number of aryl methyl sites for hydroxylation is 1. The van der Waals surface area contributed by atoms with E-state index >= 15 is 0 Å². The van der Waals surface area contributed by atoms with Crippen LogP contribution in [0.3, 0.4) is 0 Å². The normalized spacial score (nSPS) is 11.8. The van der Waals surface area contributed by atoms with Gasteiger partial charge in [0, 0.05) is 6.20 Å². The van der Waals surface area contributed by atoms with Crippen molar-refractivity contribution in [2.45, 2.75) is 47.1 Å². The number of amides is 1. The van der Waals surface area contributed by atoms with Crippen molar-refractivity contribution in [3.8, 4) is 0 Å². The number of ether oxygens (including phenoxy) is 2. The van der Waals surface area contributed by atoms with Gasteiger partial charge < -0.3 is 14.8 Å². The first kappa shape index (κ1) is 23.1. The van der Waals surface area contributed by atoms with E-state index in [1.54, 1.807) is 27.0 Å². The summed E-state index contributed by atoms with van der Waals surface area (Å²) in [6.45, 7) is 9.18. The minimum absolute atomic E-state index is 0.171. The average Bonchev–Trinajstić information content (AvgIpc) is 3.18. The van der Waals surface area contributed by atoms with Crippen molar-refractivity contribution in [3.63, 3.8) is 0 Å². The van der Waals surface area contributed by atoms with Crippen LogP contribution in [0, 0.1) is 13.8 Å². The van der Waals surface area contributed by atoms with Gasteiger partial charge in [-0.25, -0.2) is 9.59 Å². The largest absolute Gasteiger partial charge is 0.462 e. The molecule has 1 atom stereocenters. The van der Waals surface area contributed by atoms with E-state index in [1.165, 1.54) is 4.68 Å². The first-order valence-electron chi connectivity index (χ1n) is 9.20.